The molecule has 128 valence electrons. The Hall–Kier alpha value is -2.13. The zero-order valence-corrected chi connectivity index (χ0v) is 15.0. The summed E-state index contributed by atoms with van der Waals surface area (Å²) in [7, 11) is 4.09. The molecule has 2 rings (SSSR count). The van der Waals surface area contributed by atoms with Crippen LogP contribution >= 0.6 is 0 Å². The molecule has 0 aliphatic heterocycles. The number of hydrogen-bond acceptors (Lipinski definition) is 3. The van der Waals surface area contributed by atoms with Crippen molar-refractivity contribution >= 4 is 5.97 Å². The molecule has 0 saturated heterocycles. The highest BCUT2D eigenvalue weighted by Crippen LogP contribution is 2.38. The normalized spacial score (nSPS) is 14.9. The summed E-state index contributed by atoms with van der Waals surface area (Å²) in [6.45, 7) is 4.47. The van der Waals surface area contributed by atoms with Gasteiger partial charge in [0.25, 0.3) is 0 Å². The van der Waals surface area contributed by atoms with Crippen LogP contribution in [0.3, 0.4) is 0 Å². The highest BCUT2D eigenvalue weighted by molar-refractivity contribution is 5.67. The van der Waals surface area contributed by atoms with Gasteiger partial charge in [-0.3, -0.25) is 4.79 Å². The van der Waals surface area contributed by atoms with Crippen LogP contribution < -0.4 is 0 Å². The number of nitrogens with zero attached hydrogens (tertiary/aromatic N) is 1. The third kappa shape index (κ3) is 4.45. The van der Waals surface area contributed by atoms with Crippen molar-refractivity contribution in [1.29, 1.82) is 0 Å². The first-order valence-corrected chi connectivity index (χ1v) is 8.38. The second kappa shape index (κ2) is 8.11. The van der Waals surface area contributed by atoms with Gasteiger partial charge >= 0.3 is 5.97 Å². The highest BCUT2D eigenvalue weighted by atomic mass is 16.6. The summed E-state index contributed by atoms with van der Waals surface area (Å²) in [5.41, 5.74) is 1.52. The van der Waals surface area contributed by atoms with Gasteiger partial charge in [0, 0.05) is 25.8 Å². The lowest BCUT2D eigenvalue weighted by Gasteiger charge is -2.40. The highest BCUT2D eigenvalue weighted by Gasteiger charge is 2.41. The van der Waals surface area contributed by atoms with Gasteiger partial charge in [-0.25, -0.2) is 0 Å². The fourth-order valence-corrected chi connectivity index (χ4v) is 3.33. The Morgan fingerprint density at radius 3 is 2.08 bits per heavy atom. The van der Waals surface area contributed by atoms with Crippen molar-refractivity contribution in [2.45, 2.75) is 25.9 Å². The van der Waals surface area contributed by atoms with Crippen molar-refractivity contribution in [2.24, 2.45) is 5.92 Å². The predicted octanol–water partition coefficient (Wildman–Crippen LogP) is 3.89. The van der Waals surface area contributed by atoms with E-state index >= 15 is 0 Å². The average molecular weight is 325 g/mol. The van der Waals surface area contributed by atoms with Crippen LogP contribution in [0.4, 0.5) is 0 Å². The minimum absolute atomic E-state index is 0.138. The first-order valence-electron chi connectivity index (χ1n) is 8.38. The lowest BCUT2D eigenvalue weighted by molar-refractivity contribution is -0.165. The summed E-state index contributed by atoms with van der Waals surface area (Å²) in [6, 6.07) is 20.3. The molecule has 0 fully saturated rings. The molecule has 0 aliphatic carbocycles. The van der Waals surface area contributed by atoms with Crippen molar-refractivity contribution in [2.75, 3.05) is 20.6 Å². The summed E-state index contributed by atoms with van der Waals surface area (Å²) in [5.74, 6) is -0.112. The Kier molecular flexibility index (Phi) is 6.16. The molecule has 0 bridgehead atoms. The topological polar surface area (TPSA) is 29.5 Å². The van der Waals surface area contributed by atoms with Crippen molar-refractivity contribution in [3.63, 3.8) is 0 Å². The van der Waals surface area contributed by atoms with E-state index in [2.05, 4.69) is 36.1 Å². The molecule has 24 heavy (non-hydrogen) atoms. The van der Waals surface area contributed by atoms with Gasteiger partial charge in [-0.2, -0.15) is 0 Å². The first-order chi connectivity index (χ1) is 11.4. The maximum Gasteiger partial charge on any atom is 0.303 e. The molecular weight excluding hydrogens is 298 g/mol. The molecule has 0 saturated carbocycles. The molecule has 3 heteroatoms. The van der Waals surface area contributed by atoms with Crippen molar-refractivity contribution in [3.05, 3.63) is 71.8 Å². The minimum Gasteiger partial charge on any atom is -0.454 e. The molecule has 2 atom stereocenters. The second-order valence-electron chi connectivity index (χ2n) is 6.67. The first kappa shape index (κ1) is 18.2. The molecule has 0 aromatic heterocycles. The van der Waals surface area contributed by atoms with Crippen molar-refractivity contribution in [1.82, 2.24) is 4.90 Å². The van der Waals surface area contributed by atoms with Crippen LogP contribution in [0, 0.1) is 5.92 Å². The maximum absolute atomic E-state index is 12.0. The van der Waals surface area contributed by atoms with Gasteiger partial charge in [0.1, 0.15) is 5.60 Å². The Labute approximate surface area is 145 Å². The number of esters is 1. The number of carbonyl (C=O) groups excluding carboxylic acids is 1. The van der Waals surface area contributed by atoms with E-state index in [-0.39, 0.29) is 11.9 Å². The third-order valence-corrected chi connectivity index (χ3v) is 4.33. The van der Waals surface area contributed by atoms with Crippen molar-refractivity contribution < 1.29 is 9.53 Å². The fraction of sp³-hybridized carbons (Fsp3) is 0.381. The lowest BCUT2D eigenvalue weighted by Crippen LogP contribution is -2.44. The Morgan fingerprint density at radius 1 is 1.04 bits per heavy atom. The molecule has 0 N–H and O–H groups in total. The summed E-state index contributed by atoms with van der Waals surface area (Å²) < 4.78 is 6.03. The average Bonchev–Trinajstić information content (AvgIpc) is 2.55. The Morgan fingerprint density at radius 2 is 1.58 bits per heavy atom. The van der Waals surface area contributed by atoms with E-state index < -0.39 is 5.60 Å². The quantitative estimate of drug-likeness (QED) is 0.724. The van der Waals surface area contributed by atoms with Gasteiger partial charge in [0.05, 0.1) is 0 Å². The largest absolute Gasteiger partial charge is 0.454 e. The lowest BCUT2D eigenvalue weighted by atomic mass is 9.77. The Balaban J connectivity index is 2.52. The van der Waals surface area contributed by atoms with E-state index in [1.807, 2.05) is 50.5 Å². The van der Waals surface area contributed by atoms with Crippen LogP contribution in [0.5, 0.6) is 0 Å². The summed E-state index contributed by atoms with van der Waals surface area (Å²) in [5, 5.41) is 0. The molecule has 2 aromatic carbocycles. The van der Waals surface area contributed by atoms with Crippen LogP contribution in [-0.2, 0) is 21.6 Å². The van der Waals surface area contributed by atoms with Gasteiger partial charge < -0.3 is 9.64 Å². The number of hydrogen-bond donors (Lipinski definition) is 0. The van der Waals surface area contributed by atoms with E-state index in [0.29, 0.717) is 6.42 Å². The van der Waals surface area contributed by atoms with Gasteiger partial charge in [-0.05, 0) is 25.2 Å². The maximum atomic E-state index is 12.0. The Bertz CT molecular complexity index is 639. The smallest absolute Gasteiger partial charge is 0.303 e. The molecule has 3 nitrogen and oxygen atoms in total. The molecule has 0 radical (unpaired) electrons. The summed E-state index contributed by atoms with van der Waals surface area (Å²) >= 11 is 0. The van der Waals surface area contributed by atoms with Crippen LogP contribution in [-0.4, -0.2) is 31.5 Å². The number of carbonyl (C=O) groups is 1. The second-order valence-corrected chi connectivity index (χ2v) is 6.67. The zero-order valence-electron chi connectivity index (χ0n) is 15.0. The van der Waals surface area contributed by atoms with Gasteiger partial charge in [0.15, 0.2) is 0 Å². The summed E-state index contributed by atoms with van der Waals surface area (Å²) in [6.07, 6.45) is 0.659. The van der Waals surface area contributed by atoms with Crippen LogP contribution in [0.25, 0.3) is 0 Å². The number of benzene rings is 2. The van der Waals surface area contributed by atoms with Crippen LogP contribution in [0.15, 0.2) is 60.7 Å². The van der Waals surface area contributed by atoms with Crippen molar-refractivity contribution in [3.8, 4) is 0 Å². The fourth-order valence-electron chi connectivity index (χ4n) is 3.33. The number of ether oxygens (including phenoxy) is 1. The molecule has 0 aliphatic rings. The van der Waals surface area contributed by atoms with Gasteiger partial charge in [-0.1, -0.05) is 67.6 Å². The van der Waals surface area contributed by atoms with Crippen LogP contribution in [0.1, 0.15) is 25.0 Å². The van der Waals surface area contributed by atoms with E-state index in [1.165, 1.54) is 6.92 Å². The molecule has 0 spiro atoms. The predicted molar refractivity (Wildman–Crippen MR) is 97.8 cm³/mol. The van der Waals surface area contributed by atoms with Crippen LogP contribution in [0.2, 0.25) is 0 Å². The zero-order chi connectivity index (χ0) is 17.6. The molecule has 0 amide bonds. The number of rotatable bonds is 7. The van der Waals surface area contributed by atoms with E-state index in [0.717, 1.165) is 17.7 Å². The third-order valence-electron chi connectivity index (χ3n) is 4.33. The summed E-state index contributed by atoms with van der Waals surface area (Å²) in [4.78, 5) is 14.1. The van der Waals surface area contributed by atoms with E-state index in [4.69, 9.17) is 4.74 Å². The van der Waals surface area contributed by atoms with E-state index in [9.17, 15) is 4.79 Å². The minimum atomic E-state index is -0.682. The van der Waals surface area contributed by atoms with E-state index in [1.54, 1.807) is 0 Å². The molecule has 0 heterocycles. The van der Waals surface area contributed by atoms with Gasteiger partial charge in [0.2, 0.25) is 0 Å². The SMILES string of the molecule is CC(=O)O[C@@](Cc1ccccc1)(c1ccccc1)C(C)CN(C)C. The molecule has 2 aromatic rings. The monoisotopic (exact) mass is 325 g/mol. The standard InChI is InChI=1S/C21H27NO2/c1-17(16-22(3)4)21(24-18(2)23,20-13-9-6-10-14-20)15-19-11-7-5-8-12-19/h5-14,17H,15-16H2,1-4H3/t17?,21-/m1/s1. The molecule has 1 unspecified atom stereocenters. The molecular formula is C21H27NO2. The van der Waals surface area contributed by atoms with Gasteiger partial charge in [-0.15, -0.1) is 0 Å².